The maximum atomic E-state index is 14.5. The van der Waals surface area contributed by atoms with Gasteiger partial charge < -0.3 is 15.4 Å². The molecule has 51 heavy (non-hydrogen) atoms. The zero-order valence-electron chi connectivity index (χ0n) is 28.6. The van der Waals surface area contributed by atoms with Crippen LogP contribution in [0.3, 0.4) is 0 Å². The highest BCUT2D eigenvalue weighted by atomic mass is 32.1. The van der Waals surface area contributed by atoms with Crippen molar-refractivity contribution in [3.63, 3.8) is 0 Å². The van der Waals surface area contributed by atoms with Crippen LogP contribution in [0.15, 0.2) is 120 Å². The van der Waals surface area contributed by atoms with Gasteiger partial charge >= 0.3 is 11.9 Å². The third kappa shape index (κ3) is 5.31. The van der Waals surface area contributed by atoms with Crippen LogP contribution in [-0.4, -0.2) is 59.3 Å². The molecule has 1 atom stereocenters. The first kappa shape index (κ1) is 32.5. The van der Waals surface area contributed by atoms with Gasteiger partial charge in [0.15, 0.2) is 17.0 Å². The second-order valence-electron chi connectivity index (χ2n) is 13.7. The average Bonchev–Trinajstić information content (AvgIpc) is 3.79. The number of guanidine groups is 2. The number of rotatable bonds is 9. The standard InChI is InChI=1S/C40H38N7O3S/c1-47(2)36(49)40(31-17-18-31,34-21-28(25-51-34)27-20-33(50-3)23-42-22-27)45-38(47)43-32-16-10-11-26(19-32)24-46-35(48)39(44-37(46)41,29-12-6-4-7-13-29)30-14-8-5-9-15-30/h4-16,19-23,25,31H,17-18,24H2,1-3H3,(H2,41,44)(H,43,45)/q+1. The van der Waals surface area contributed by atoms with Crippen LogP contribution in [0.2, 0.25) is 0 Å². The third-order valence-corrected chi connectivity index (χ3v) is 11.3. The summed E-state index contributed by atoms with van der Waals surface area (Å²) in [5.41, 5.74) is 2.80. The van der Waals surface area contributed by atoms with Crippen molar-refractivity contribution in [1.82, 2.24) is 20.5 Å². The molecular formula is C40H38N7O3S+. The number of likely N-dealkylation sites (N-methyl/N-ethyl adjacent to an activating group) is 1. The fraction of sp³-hybridized carbons (Fsp3) is 0.225. The first-order valence-corrected chi connectivity index (χ1v) is 17.8. The molecule has 8 rings (SSSR count). The zero-order valence-corrected chi connectivity index (χ0v) is 29.4. The Balaban J connectivity index is 1.09. The number of nitrogens with one attached hydrogen (secondary N) is 3. The monoisotopic (exact) mass is 696 g/mol. The number of aromatic nitrogens is 1. The van der Waals surface area contributed by atoms with E-state index in [9.17, 15) is 9.59 Å². The van der Waals surface area contributed by atoms with Gasteiger partial charge in [-0.15, -0.1) is 11.3 Å². The molecule has 3 aliphatic rings. The van der Waals surface area contributed by atoms with Crippen molar-refractivity contribution in [2.24, 2.45) is 10.9 Å². The Kier molecular flexibility index (Phi) is 7.84. The molecule has 0 spiro atoms. The van der Waals surface area contributed by atoms with Gasteiger partial charge in [0.25, 0.3) is 5.91 Å². The van der Waals surface area contributed by atoms with Crippen LogP contribution in [0.25, 0.3) is 11.1 Å². The van der Waals surface area contributed by atoms with Crippen LogP contribution in [0.4, 0.5) is 5.69 Å². The molecule has 2 aromatic heterocycles. The van der Waals surface area contributed by atoms with E-state index in [2.05, 4.69) is 27.1 Å². The first-order valence-electron chi connectivity index (χ1n) is 16.9. The maximum Gasteiger partial charge on any atom is 0.352 e. The van der Waals surface area contributed by atoms with Gasteiger partial charge in [0.05, 0.1) is 39.6 Å². The summed E-state index contributed by atoms with van der Waals surface area (Å²) in [6, 6.07) is 30.8. The van der Waals surface area contributed by atoms with Crippen LogP contribution in [0.5, 0.6) is 5.75 Å². The van der Waals surface area contributed by atoms with E-state index in [4.69, 9.17) is 15.1 Å². The van der Waals surface area contributed by atoms with Gasteiger partial charge in [-0.1, -0.05) is 72.8 Å². The van der Waals surface area contributed by atoms with Crippen molar-refractivity contribution < 1.29 is 18.8 Å². The van der Waals surface area contributed by atoms with Gasteiger partial charge in [-0.25, -0.2) is 4.79 Å². The van der Waals surface area contributed by atoms with Gasteiger partial charge in [-0.2, -0.15) is 9.48 Å². The highest BCUT2D eigenvalue weighted by Gasteiger charge is 2.66. The van der Waals surface area contributed by atoms with Gasteiger partial charge in [0.1, 0.15) is 5.75 Å². The lowest BCUT2D eigenvalue weighted by atomic mass is 9.82. The molecule has 1 saturated carbocycles. The molecule has 3 N–H and O–H groups in total. The topological polar surface area (TPSA) is 120 Å². The lowest BCUT2D eigenvalue weighted by Crippen LogP contribution is -2.49. The Labute approximate surface area is 300 Å². The van der Waals surface area contributed by atoms with Crippen LogP contribution in [0, 0.1) is 11.3 Å². The van der Waals surface area contributed by atoms with Gasteiger partial charge in [-0.05, 0) is 64.7 Å². The summed E-state index contributed by atoms with van der Waals surface area (Å²) in [5, 5.41) is 17.9. The summed E-state index contributed by atoms with van der Waals surface area (Å²) in [7, 11) is 5.38. The number of nitrogens with zero attached hydrogens (tertiary/aromatic N) is 4. The lowest BCUT2D eigenvalue weighted by molar-refractivity contribution is -0.715. The molecule has 1 unspecified atom stereocenters. The number of amides is 2. The maximum absolute atomic E-state index is 14.5. The summed E-state index contributed by atoms with van der Waals surface area (Å²) in [6.07, 6.45) is 5.38. The summed E-state index contributed by atoms with van der Waals surface area (Å²) < 4.78 is 5.35. The zero-order chi connectivity index (χ0) is 35.4. The van der Waals surface area contributed by atoms with Gasteiger partial charge in [-0.3, -0.25) is 20.1 Å². The van der Waals surface area contributed by atoms with Crippen LogP contribution >= 0.6 is 11.3 Å². The highest BCUT2D eigenvalue weighted by molar-refractivity contribution is 7.10. The predicted molar refractivity (Wildman–Crippen MR) is 197 cm³/mol. The number of thiophene rings is 1. The molecule has 10 nitrogen and oxygen atoms in total. The fourth-order valence-corrected chi connectivity index (χ4v) is 8.46. The number of ether oxygens (including phenoxy) is 1. The molecule has 2 aliphatic heterocycles. The predicted octanol–water partition coefficient (Wildman–Crippen LogP) is 6.13. The van der Waals surface area contributed by atoms with Crippen molar-refractivity contribution in [1.29, 1.82) is 5.41 Å². The van der Waals surface area contributed by atoms with E-state index >= 15 is 0 Å². The molecule has 1 aliphatic carbocycles. The molecule has 5 aromatic rings. The van der Waals surface area contributed by atoms with Crippen LogP contribution in [-0.2, 0) is 27.2 Å². The van der Waals surface area contributed by atoms with Crippen molar-refractivity contribution in [3.05, 3.63) is 136 Å². The smallest absolute Gasteiger partial charge is 0.352 e. The molecule has 11 heteroatoms. The van der Waals surface area contributed by atoms with E-state index in [0.717, 1.165) is 45.5 Å². The minimum atomic E-state index is -1.22. The molecule has 2 saturated heterocycles. The fourth-order valence-electron chi connectivity index (χ4n) is 7.32. The number of pyridine rings is 1. The van der Waals surface area contributed by atoms with E-state index in [-0.39, 0.29) is 34.7 Å². The molecule has 3 fully saturated rings. The number of aliphatic imine (C=N–C) groups is 1. The third-order valence-electron chi connectivity index (χ3n) is 10.2. The largest absolute Gasteiger partial charge is 0.495 e. The molecule has 0 radical (unpaired) electrons. The summed E-state index contributed by atoms with van der Waals surface area (Å²) >= 11 is 1.57. The number of hydrogen-bond donors (Lipinski definition) is 3. The normalized spacial score (nSPS) is 21.5. The minimum Gasteiger partial charge on any atom is -0.495 e. The summed E-state index contributed by atoms with van der Waals surface area (Å²) in [6.45, 7) is 0.179. The van der Waals surface area contributed by atoms with E-state index < -0.39 is 11.1 Å². The second-order valence-corrected chi connectivity index (χ2v) is 14.6. The Morgan fingerprint density at radius 2 is 1.63 bits per heavy atom. The van der Waals surface area contributed by atoms with Crippen molar-refractivity contribution in [3.8, 4) is 16.9 Å². The number of quaternary nitrogens is 1. The van der Waals surface area contributed by atoms with Gasteiger partial charge in [0.2, 0.25) is 0 Å². The molecule has 4 heterocycles. The van der Waals surface area contributed by atoms with E-state index in [1.54, 1.807) is 30.8 Å². The number of carbonyl (C=O) groups is 2. The van der Waals surface area contributed by atoms with E-state index in [1.807, 2.05) is 105 Å². The molecule has 0 bridgehead atoms. The molecule has 256 valence electrons. The number of carbonyl (C=O) groups excluding carboxylic acids is 2. The Morgan fingerprint density at radius 1 is 0.922 bits per heavy atom. The number of hydrogen-bond acceptors (Lipinski definition) is 7. The summed E-state index contributed by atoms with van der Waals surface area (Å²) in [5.74, 6) is 1.25. The number of benzene rings is 3. The van der Waals surface area contributed by atoms with E-state index in [0.29, 0.717) is 17.4 Å². The molecule has 3 aromatic carbocycles. The average molecular weight is 697 g/mol. The van der Waals surface area contributed by atoms with Crippen molar-refractivity contribution >= 4 is 40.8 Å². The SMILES string of the molecule is COc1cncc(-c2csc(C3(C4CC4)NC(=Nc4cccc(CN5C(=N)NC(c6ccccc6)(c6ccccc6)C5=O)c4)[N+](C)(C)C3=O)c2)c1. The quantitative estimate of drug-likeness (QED) is 0.160. The van der Waals surface area contributed by atoms with Crippen LogP contribution < -0.4 is 15.4 Å². The van der Waals surface area contributed by atoms with Crippen LogP contribution in [0.1, 0.15) is 34.4 Å². The summed E-state index contributed by atoms with van der Waals surface area (Å²) in [4.78, 5) is 40.6. The Bertz CT molecular complexity index is 2160. The van der Waals surface area contributed by atoms with Crippen molar-refractivity contribution in [2.45, 2.75) is 30.5 Å². The number of methoxy groups -OCH3 is 1. The second kappa shape index (κ2) is 12.3. The van der Waals surface area contributed by atoms with Gasteiger partial charge in [0, 0.05) is 22.6 Å². The van der Waals surface area contributed by atoms with E-state index in [1.165, 1.54) is 4.90 Å². The lowest BCUT2D eigenvalue weighted by Gasteiger charge is -2.28. The Hall–Kier alpha value is -5.65. The Morgan fingerprint density at radius 3 is 2.29 bits per heavy atom. The molecule has 2 amide bonds. The first-order chi connectivity index (χ1) is 24.7. The highest BCUT2D eigenvalue weighted by Crippen LogP contribution is 2.52. The minimum absolute atomic E-state index is 0.0274. The van der Waals surface area contributed by atoms with Crippen molar-refractivity contribution in [2.75, 3.05) is 21.2 Å². The molecular weight excluding hydrogens is 659 g/mol.